The van der Waals surface area contributed by atoms with Crippen LogP contribution in [0.25, 0.3) is 0 Å². The molecule has 0 saturated heterocycles. The van der Waals surface area contributed by atoms with Crippen LogP contribution in [0.3, 0.4) is 0 Å². The van der Waals surface area contributed by atoms with Gasteiger partial charge in [0, 0.05) is 26.1 Å². The molecule has 0 radical (unpaired) electrons. The quantitative estimate of drug-likeness (QED) is 0.387. The van der Waals surface area contributed by atoms with Crippen LogP contribution in [0.4, 0.5) is 0 Å². The number of nitrogens with one attached hydrogen (secondary N) is 3. The van der Waals surface area contributed by atoms with Crippen molar-refractivity contribution in [2.45, 2.75) is 31.9 Å². The number of carbonyl (C=O) groups is 1. The Morgan fingerprint density at radius 1 is 1.39 bits per heavy atom. The molecule has 1 aromatic rings. The number of fused-ring (bicyclic) bond motifs is 1. The zero-order valence-electron chi connectivity index (χ0n) is 14.0. The van der Waals surface area contributed by atoms with Gasteiger partial charge in [-0.3, -0.25) is 9.79 Å². The van der Waals surface area contributed by atoms with E-state index in [9.17, 15) is 4.79 Å². The van der Waals surface area contributed by atoms with Crippen LogP contribution in [0.5, 0.6) is 5.75 Å². The highest BCUT2D eigenvalue weighted by atomic mass is 127. The Morgan fingerprint density at radius 3 is 2.74 bits per heavy atom. The first kappa shape index (κ1) is 19.5. The predicted octanol–water partition coefficient (Wildman–Crippen LogP) is 1.82. The Morgan fingerprint density at radius 2 is 2.09 bits per heavy atom. The summed E-state index contributed by atoms with van der Waals surface area (Å²) in [6.45, 7) is 4.32. The molecule has 7 heteroatoms. The Labute approximate surface area is 154 Å². The molecule has 1 amide bonds. The largest absolute Gasteiger partial charge is 0.487 e. The number of rotatable bonds is 3. The van der Waals surface area contributed by atoms with Crippen LogP contribution < -0.4 is 20.7 Å². The fourth-order valence-electron chi connectivity index (χ4n) is 2.54. The van der Waals surface area contributed by atoms with Crippen molar-refractivity contribution in [1.29, 1.82) is 0 Å². The van der Waals surface area contributed by atoms with Crippen molar-refractivity contribution in [3.05, 3.63) is 29.8 Å². The number of aliphatic imine (C=N–C) groups is 1. The van der Waals surface area contributed by atoms with Crippen LogP contribution in [0.15, 0.2) is 29.3 Å². The molecule has 1 aliphatic rings. The zero-order chi connectivity index (χ0) is 16.2. The number of para-hydroxylation sites is 1. The van der Waals surface area contributed by atoms with Gasteiger partial charge in [-0.25, -0.2) is 0 Å². The summed E-state index contributed by atoms with van der Waals surface area (Å²) >= 11 is 0. The first-order valence-electron chi connectivity index (χ1n) is 7.41. The minimum Gasteiger partial charge on any atom is -0.487 e. The average molecular weight is 432 g/mol. The van der Waals surface area contributed by atoms with E-state index in [0.717, 1.165) is 17.7 Å². The van der Waals surface area contributed by atoms with Gasteiger partial charge in [0.05, 0.1) is 12.6 Å². The van der Waals surface area contributed by atoms with Gasteiger partial charge in [-0.05, 0) is 19.9 Å². The normalized spacial score (nSPS) is 18.8. The first-order valence-corrected chi connectivity index (χ1v) is 7.41. The maximum atomic E-state index is 11.3. The Kier molecular flexibility index (Phi) is 7.11. The first-order chi connectivity index (χ1) is 10.4. The fraction of sp³-hybridized carbons (Fsp3) is 0.500. The molecule has 1 heterocycles. The molecule has 128 valence electrons. The summed E-state index contributed by atoms with van der Waals surface area (Å²) in [6, 6.07) is 8.07. The molecule has 2 rings (SSSR count). The van der Waals surface area contributed by atoms with Crippen LogP contribution in [0.2, 0.25) is 0 Å². The van der Waals surface area contributed by atoms with Gasteiger partial charge < -0.3 is 20.7 Å². The summed E-state index contributed by atoms with van der Waals surface area (Å²) in [5.74, 6) is 1.40. The van der Waals surface area contributed by atoms with Crippen LogP contribution in [-0.4, -0.2) is 38.1 Å². The molecular formula is C16H25IN4O2. The number of guanidine groups is 1. The minimum absolute atomic E-state index is 0. The van der Waals surface area contributed by atoms with Crippen molar-refractivity contribution >= 4 is 35.8 Å². The summed E-state index contributed by atoms with van der Waals surface area (Å²) < 4.78 is 6.02. The third kappa shape index (κ3) is 5.26. The number of hydrogen-bond donors (Lipinski definition) is 3. The van der Waals surface area contributed by atoms with Crippen LogP contribution in [0.1, 0.15) is 31.9 Å². The zero-order valence-corrected chi connectivity index (χ0v) is 16.3. The summed E-state index contributed by atoms with van der Waals surface area (Å²) in [5.41, 5.74) is 0.843. The second-order valence-corrected chi connectivity index (χ2v) is 5.90. The molecule has 1 atom stereocenters. The van der Waals surface area contributed by atoms with E-state index in [1.54, 1.807) is 14.1 Å². The molecular weight excluding hydrogens is 407 g/mol. The molecule has 0 aliphatic carbocycles. The lowest BCUT2D eigenvalue weighted by molar-refractivity contribution is -0.119. The van der Waals surface area contributed by atoms with E-state index >= 15 is 0 Å². The van der Waals surface area contributed by atoms with Gasteiger partial charge in [0.1, 0.15) is 11.4 Å². The number of amides is 1. The topological polar surface area (TPSA) is 74.8 Å². The van der Waals surface area contributed by atoms with Crippen LogP contribution in [-0.2, 0) is 4.79 Å². The summed E-state index contributed by atoms with van der Waals surface area (Å²) in [4.78, 5) is 15.5. The molecule has 0 spiro atoms. The van der Waals surface area contributed by atoms with Gasteiger partial charge in [-0.15, -0.1) is 24.0 Å². The summed E-state index contributed by atoms with van der Waals surface area (Å²) in [6.07, 6.45) is 0.810. The number of hydrogen-bond acceptors (Lipinski definition) is 3. The molecule has 0 fully saturated rings. The van der Waals surface area contributed by atoms with Crippen molar-refractivity contribution in [2.75, 3.05) is 20.6 Å². The number of ether oxygens (including phenoxy) is 1. The van der Waals surface area contributed by atoms with Crippen LogP contribution >= 0.6 is 24.0 Å². The third-order valence-electron chi connectivity index (χ3n) is 3.61. The summed E-state index contributed by atoms with van der Waals surface area (Å²) in [7, 11) is 3.30. The molecule has 0 aromatic heterocycles. The predicted molar refractivity (Wildman–Crippen MR) is 102 cm³/mol. The molecule has 3 N–H and O–H groups in total. The number of carbonyl (C=O) groups excluding carboxylic acids is 1. The van der Waals surface area contributed by atoms with E-state index in [1.165, 1.54) is 0 Å². The maximum Gasteiger partial charge on any atom is 0.239 e. The second-order valence-electron chi connectivity index (χ2n) is 5.90. The standard InChI is InChI=1S/C16H24N4O2.HI/c1-16(2)9-12(11-7-5-6-8-13(11)22-16)20-15(18-4)19-10-14(21)17-3;/h5-8,12H,9-10H2,1-4H3,(H,17,21)(H2,18,19,20);1H. The second kappa shape index (κ2) is 8.37. The van der Waals surface area contributed by atoms with Crippen molar-refractivity contribution in [3.8, 4) is 5.75 Å². The molecule has 6 nitrogen and oxygen atoms in total. The van der Waals surface area contributed by atoms with Crippen molar-refractivity contribution in [2.24, 2.45) is 4.99 Å². The third-order valence-corrected chi connectivity index (χ3v) is 3.61. The van der Waals surface area contributed by atoms with E-state index in [4.69, 9.17) is 4.74 Å². The highest BCUT2D eigenvalue weighted by molar-refractivity contribution is 14.0. The van der Waals surface area contributed by atoms with Crippen molar-refractivity contribution in [3.63, 3.8) is 0 Å². The monoisotopic (exact) mass is 432 g/mol. The Balaban J connectivity index is 0.00000264. The van der Waals surface area contributed by atoms with Crippen molar-refractivity contribution < 1.29 is 9.53 Å². The molecule has 1 unspecified atom stereocenters. The van der Waals surface area contributed by atoms with Gasteiger partial charge in [-0.1, -0.05) is 18.2 Å². The average Bonchev–Trinajstić information content (AvgIpc) is 2.49. The number of halogens is 1. The number of likely N-dealkylation sites (N-methyl/N-ethyl adjacent to an activating group) is 1. The summed E-state index contributed by atoms with van der Waals surface area (Å²) in [5, 5.41) is 8.96. The van der Waals surface area contributed by atoms with Gasteiger partial charge in [0.15, 0.2) is 5.96 Å². The Hall–Kier alpha value is -1.51. The van der Waals surface area contributed by atoms with Gasteiger partial charge >= 0.3 is 0 Å². The molecule has 0 bridgehead atoms. The van der Waals surface area contributed by atoms with E-state index in [1.807, 2.05) is 24.3 Å². The lowest BCUT2D eigenvalue weighted by Gasteiger charge is -2.38. The lowest BCUT2D eigenvalue weighted by atomic mass is 9.90. The molecule has 23 heavy (non-hydrogen) atoms. The molecule has 1 aromatic carbocycles. The smallest absolute Gasteiger partial charge is 0.239 e. The minimum atomic E-state index is -0.258. The highest BCUT2D eigenvalue weighted by Gasteiger charge is 2.33. The number of benzene rings is 1. The van der Waals surface area contributed by atoms with Gasteiger partial charge in [0.2, 0.25) is 5.91 Å². The lowest BCUT2D eigenvalue weighted by Crippen LogP contribution is -2.47. The molecule has 1 aliphatic heterocycles. The van der Waals surface area contributed by atoms with Gasteiger partial charge in [-0.2, -0.15) is 0 Å². The highest BCUT2D eigenvalue weighted by Crippen LogP contribution is 2.39. The van der Waals surface area contributed by atoms with E-state index in [-0.39, 0.29) is 48.1 Å². The van der Waals surface area contributed by atoms with E-state index in [0.29, 0.717) is 5.96 Å². The Bertz CT molecular complexity index is 575. The molecule has 0 saturated carbocycles. The SMILES string of the molecule is CN=C(NCC(=O)NC)NC1CC(C)(C)Oc2ccccc21.I. The fourth-order valence-corrected chi connectivity index (χ4v) is 2.54. The maximum absolute atomic E-state index is 11.3. The van der Waals surface area contributed by atoms with Gasteiger partial charge in [0.25, 0.3) is 0 Å². The van der Waals surface area contributed by atoms with E-state index in [2.05, 4.69) is 34.8 Å². The van der Waals surface area contributed by atoms with Crippen molar-refractivity contribution in [1.82, 2.24) is 16.0 Å². The van der Waals surface area contributed by atoms with Crippen LogP contribution in [0, 0.1) is 0 Å². The number of nitrogens with zero attached hydrogens (tertiary/aromatic N) is 1. The van der Waals surface area contributed by atoms with E-state index < -0.39 is 0 Å².